The zero-order valence-electron chi connectivity index (χ0n) is 9.50. The standard InChI is InChI=1S/C10H13N5O2S/c11-9-7-13-14-10(9)15-18(16,17)6-4-8-3-1-2-5-12-8/h1-3,5,7H,4,6,11H2,(H2,13,14,15). The zero-order valence-corrected chi connectivity index (χ0v) is 10.3. The number of nitrogens with zero attached hydrogens (tertiary/aromatic N) is 2. The molecule has 2 heterocycles. The van der Waals surface area contributed by atoms with Crippen molar-refractivity contribution in [3.8, 4) is 0 Å². The lowest BCUT2D eigenvalue weighted by atomic mass is 10.3. The molecule has 0 saturated carbocycles. The van der Waals surface area contributed by atoms with E-state index in [1.807, 2.05) is 6.07 Å². The summed E-state index contributed by atoms with van der Waals surface area (Å²) in [6.07, 6.45) is 3.31. The van der Waals surface area contributed by atoms with Crippen LogP contribution in [0, 0.1) is 0 Å². The van der Waals surface area contributed by atoms with Crippen molar-refractivity contribution in [2.45, 2.75) is 6.42 Å². The summed E-state index contributed by atoms with van der Waals surface area (Å²) in [6.45, 7) is 0. The molecule has 0 aliphatic heterocycles. The molecule has 0 amide bonds. The maximum absolute atomic E-state index is 11.8. The van der Waals surface area contributed by atoms with Crippen molar-refractivity contribution in [2.75, 3.05) is 16.2 Å². The second kappa shape index (κ2) is 5.05. The first kappa shape index (κ1) is 12.4. The summed E-state index contributed by atoms with van der Waals surface area (Å²) in [7, 11) is -3.47. The molecule has 0 aromatic carbocycles. The van der Waals surface area contributed by atoms with Gasteiger partial charge in [0, 0.05) is 18.3 Å². The first-order valence-corrected chi connectivity index (χ1v) is 6.91. The van der Waals surface area contributed by atoms with Gasteiger partial charge in [-0.05, 0) is 12.1 Å². The average molecular weight is 267 g/mol. The average Bonchev–Trinajstić information content (AvgIpc) is 2.73. The Morgan fingerprint density at radius 2 is 2.22 bits per heavy atom. The van der Waals surface area contributed by atoms with Crippen molar-refractivity contribution in [3.63, 3.8) is 0 Å². The van der Waals surface area contributed by atoms with E-state index in [-0.39, 0.29) is 17.3 Å². The van der Waals surface area contributed by atoms with Gasteiger partial charge in [-0.1, -0.05) is 6.07 Å². The Morgan fingerprint density at radius 1 is 1.39 bits per heavy atom. The molecule has 0 atom stereocenters. The van der Waals surface area contributed by atoms with Crippen molar-refractivity contribution in [3.05, 3.63) is 36.3 Å². The van der Waals surface area contributed by atoms with Crippen LogP contribution in [0.2, 0.25) is 0 Å². The molecule has 18 heavy (non-hydrogen) atoms. The molecule has 0 unspecified atom stereocenters. The number of H-pyrrole nitrogens is 1. The second-order valence-electron chi connectivity index (χ2n) is 3.69. The topological polar surface area (TPSA) is 114 Å². The molecule has 96 valence electrons. The van der Waals surface area contributed by atoms with Gasteiger partial charge in [0.25, 0.3) is 0 Å². The molecule has 7 nitrogen and oxygen atoms in total. The highest BCUT2D eigenvalue weighted by Gasteiger charge is 2.13. The number of aromatic amines is 1. The maximum Gasteiger partial charge on any atom is 0.234 e. The maximum atomic E-state index is 11.8. The minimum absolute atomic E-state index is 0.0670. The largest absolute Gasteiger partial charge is 0.394 e. The van der Waals surface area contributed by atoms with Crippen molar-refractivity contribution < 1.29 is 8.42 Å². The van der Waals surface area contributed by atoms with Gasteiger partial charge in [0.05, 0.1) is 17.6 Å². The highest BCUT2D eigenvalue weighted by molar-refractivity contribution is 7.92. The van der Waals surface area contributed by atoms with E-state index < -0.39 is 10.0 Å². The van der Waals surface area contributed by atoms with Crippen LogP contribution in [0.1, 0.15) is 5.69 Å². The van der Waals surface area contributed by atoms with E-state index in [2.05, 4.69) is 19.9 Å². The van der Waals surface area contributed by atoms with Crippen LogP contribution in [0.4, 0.5) is 11.5 Å². The van der Waals surface area contributed by atoms with Crippen LogP contribution >= 0.6 is 0 Å². The molecule has 4 N–H and O–H groups in total. The molecule has 2 rings (SSSR count). The molecule has 0 aliphatic rings. The van der Waals surface area contributed by atoms with Gasteiger partial charge >= 0.3 is 0 Å². The third-order valence-corrected chi connectivity index (χ3v) is 3.54. The van der Waals surface area contributed by atoms with Gasteiger partial charge in [-0.25, -0.2) is 8.42 Å². The first-order chi connectivity index (χ1) is 8.57. The number of aryl methyl sites for hydroxylation is 1. The Kier molecular flexibility index (Phi) is 3.47. The quantitative estimate of drug-likeness (QED) is 0.724. The molecule has 0 saturated heterocycles. The summed E-state index contributed by atoms with van der Waals surface area (Å²) in [6, 6.07) is 5.37. The fourth-order valence-corrected chi connectivity index (χ4v) is 2.42. The minimum atomic E-state index is -3.47. The number of anilines is 2. The number of hydrogen-bond acceptors (Lipinski definition) is 5. The van der Waals surface area contributed by atoms with Crippen molar-refractivity contribution >= 4 is 21.5 Å². The molecular weight excluding hydrogens is 254 g/mol. The van der Waals surface area contributed by atoms with E-state index in [4.69, 9.17) is 5.73 Å². The predicted octanol–water partition coefficient (Wildman–Crippen LogP) is 0.371. The smallest absolute Gasteiger partial charge is 0.234 e. The lowest BCUT2D eigenvalue weighted by molar-refractivity contribution is 0.600. The van der Waals surface area contributed by atoms with E-state index in [9.17, 15) is 8.42 Å². The Bertz CT molecular complexity index is 608. The van der Waals surface area contributed by atoms with Gasteiger partial charge in [-0.3, -0.25) is 14.8 Å². The molecule has 8 heteroatoms. The van der Waals surface area contributed by atoms with Crippen LogP contribution < -0.4 is 10.5 Å². The van der Waals surface area contributed by atoms with Gasteiger partial charge in [0.15, 0.2) is 5.82 Å². The third-order valence-electron chi connectivity index (χ3n) is 2.28. The zero-order chi connectivity index (χ0) is 13.0. The normalized spacial score (nSPS) is 11.3. The fourth-order valence-electron chi connectivity index (χ4n) is 1.37. The lowest BCUT2D eigenvalue weighted by Gasteiger charge is -2.06. The number of rotatable bonds is 5. The van der Waals surface area contributed by atoms with Crippen molar-refractivity contribution in [2.24, 2.45) is 0 Å². The summed E-state index contributed by atoms with van der Waals surface area (Å²) >= 11 is 0. The van der Waals surface area contributed by atoms with Crippen LogP contribution in [-0.2, 0) is 16.4 Å². The Hall–Kier alpha value is -2.09. The fraction of sp³-hybridized carbons (Fsp3) is 0.200. The number of nitrogens with one attached hydrogen (secondary N) is 2. The van der Waals surface area contributed by atoms with E-state index in [1.165, 1.54) is 6.20 Å². The minimum Gasteiger partial charge on any atom is -0.394 e. The third kappa shape index (κ3) is 3.20. The van der Waals surface area contributed by atoms with Crippen LogP contribution in [0.3, 0.4) is 0 Å². The number of sulfonamides is 1. The van der Waals surface area contributed by atoms with Gasteiger partial charge in [-0.15, -0.1) is 0 Å². The number of aromatic nitrogens is 3. The Labute approximate surface area is 104 Å². The van der Waals surface area contributed by atoms with Crippen molar-refractivity contribution in [1.29, 1.82) is 0 Å². The van der Waals surface area contributed by atoms with E-state index in [0.29, 0.717) is 6.42 Å². The highest BCUT2D eigenvalue weighted by Crippen LogP contribution is 2.14. The van der Waals surface area contributed by atoms with Crippen LogP contribution in [-0.4, -0.2) is 29.4 Å². The van der Waals surface area contributed by atoms with Crippen LogP contribution in [0.25, 0.3) is 0 Å². The summed E-state index contributed by atoms with van der Waals surface area (Å²) in [5, 5.41) is 6.11. The number of nitrogens with two attached hydrogens (primary N) is 1. The summed E-state index contributed by atoms with van der Waals surface area (Å²) in [5.41, 5.74) is 6.51. The van der Waals surface area contributed by atoms with Gasteiger partial charge in [0.1, 0.15) is 0 Å². The van der Waals surface area contributed by atoms with E-state index >= 15 is 0 Å². The van der Waals surface area contributed by atoms with Gasteiger partial charge in [-0.2, -0.15) is 5.10 Å². The molecule has 0 fully saturated rings. The highest BCUT2D eigenvalue weighted by atomic mass is 32.2. The number of nitrogen functional groups attached to an aromatic ring is 1. The van der Waals surface area contributed by atoms with E-state index in [0.717, 1.165) is 5.69 Å². The Balaban J connectivity index is 1.98. The molecule has 2 aromatic heterocycles. The Morgan fingerprint density at radius 3 is 2.83 bits per heavy atom. The van der Waals surface area contributed by atoms with Gasteiger partial charge in [0.2, 0.25) is 10.0 Å². The van der Waals surface area contributed by atoms with Gasteiger partial charge < -0.3 is 5.73 Å². The molecule has 0 bridgehead atoms. The van der Waals surface area contributed by atoms with Crippen LogP contribution in [0.15, 0.2) is 30.6 Å². The molecule has 0 radical (unpaired) electrons. The summed E-state index contributed by atoms with van der Waals surface area (Å²) < 4.78 is 25.9. The van der Waals surface area contributed by atoms with Crippen LogP contribution in [0.5, 0.6) is 0 Å². The predicted molar refractivity (Wildman–Crippen MR) is 68.4 cm³/mol. The molecule has 0 spiro atoms. The van der Waals surface area contributed by atoms with E-state index in [1.54, 1.807) is 18.3 Å². The summed E-state index contributed by atoms with van der Waals surface area (Å²) in [4.78, 5) is 4.06. The number of pyridine rings is 1. The molecular formula is C10H13N5O2S. The second-order valence-corrected chi connectivity index (χ2v) is 5.53. The number of hydrogen-bond donors (Lipinski definition) is 3. The molecule has 2 aromatic rings. The SMILES string of the molecule is Nc1cn[nH]c1NS(=O)(=O)CCc1ccccn1. The summed E-state index contributed by atoms with van der Waals surface area (Å²) in [5.74, 6) is 0.124. The molecule has 0 aliphatic carbocycles. The monoisotopic (exact) mass is 267 g/mol. The lowest BCUT2D eigenvalue weighted by Crippen LogP contribution is -2.19. The first-order valence-electron chi connectivity index (χ1n) is 5.26. The van der Waals surface area contributed by atoms with Crippen molar-refractivity contribution in [1.82, 2.24) is 15.2 Å².